The summed E-state index contributed by atoms with van der Waals surface area (Å²) in [5, 5.41) is 5.94. The van der Waals surface area contributed by atoms with Crippen LogP contribution in [0.5, 0.6) is 11.5 Å². The van der Waals surface area contributed by atoms with E-state index >= 15 is 0 Å². The number of nitrogens with zero attached hydrogens (tertiary/aromatic N) is 3. The minimum atomic E-state index is -0.649. The van der Waals surface area contributed by atoms with Crippen molar-refractivity contribution in [3.05, 3.63) is 204 Å². The molecular weight excluding hydrogens is 649 g/mol. The van der Waals surface area contributed by atoms with Crippen LogP contribution >= 0.6 is 0 Å². The monoisotopic (exact) mass is 682 g/mol. The minimum Gasteiger partial charge on any atom is -0.456 e. The number of para-hydroxylation sites is 5. The Labute approximate surface area is 307 Å². The third-order valence-corrected chi connectivity index (χ3v) is 11.1. The Morgan fingerprint density at radius 1 is 0.585 bits per heavy atom. The van der Waals surface area contributed by atoms with Crippen LogP contribution in [0, 0.1) is 0 Å². The smallest absolute Gasteiger partial charge is 0.142 e. The molecule has 53 heavy (non-hydrogen) atoms. The molecule has 0 saturated carbocycles. The van der Waals surface area contributed by atoms with Crippen LogP contribution in [0.4, 0.5) is 17.1 Å². The van der Waals surface area contributed by atoms with E-state index in [1.54, 1.807) is 0 Å². The zero-order valence-electron chi connectivity index (χ0n) is 29.1. The van der Waals surface area contributed by atoms with E-state index in [1.807, 2.05) is 6.07 Å². The Morgan fingerprint density at radius 2 is 1.21 bits per heavy atom. The molecule has 0 saturated heterocycles. The second-order valence-corrected chi connectivity index (χ2v) is 14.0. The van der Waals surface area contributed by atoms with Crippen LogP contribution in [-0.2, 0) is 5.41 Å². The van der Waals surface area contributed by atoms with Crippen molar-refractivity contribution in [2.24, 2.45) is 4.99 Å². The summed E-state index contributed by atoms with van der Waals surface area (Å²) in [4.78, 5) is 7.39. The molecule has 4 heterocycles. The van der Waals surface area contributed by atoms with Crippen molar-refractivity contribution in [3.63, 3.8) is 0 Å². The highest BCUT2D eigenvalue weighted by Gasteiger charge is 2.51. The third kappa shape index (κ3) is 4.16. The molecule has 8 aromatic rings. The summed E-state index contributed by atoms with van der Waals surface area (Å²) in [7, 11) is 0. The number of fused-ring (bicyclic) bond motifs is 12. The quantitative estimate of drug-likeness (QED) is 0.202. The van der Waals surface area contributed by atoms with Gasteiger partial charge in [-0.3, -0.25) is 9.56 Å². The lowest BCUT2D eigenvalue weighted by Crippen LogP contribution is -2.39. The molecule has 0 fully saturated rings. The third-order valence-electron chi connectivity index (χ3n) is 11.1. The minimum absolute atomic E-state index is 0.00973. The van der Waals surface area contributed by atoms with E-state index in [1.165, 1.54) is 11.1 Å². The molecule has 1 spiro atoms. The molecule has 5 heteroatoms. The van der Waals surface area contributed by atoms with Gasteiger partial charge in [0.15, 0.2) is 0 Å². The van der Waals surface area contributed by atoms with E-state index in [-0.39, 0.29) is 6.04 Å². The van der Waals surface area contributed by atoms with Gasteiger partial charge in [-0.25, -0.2) is 0 Å². The van der Waals surface area contributed by atoms with Crippen molar-refractivity contribution in [3.8, 4) is 11.5 Å². The first kappa shape index (κ1) is 29.8. The predicted octanol–water partition coefficient (Wildman–Crippen LogP) is 11.3. The molecule has 5 nitrogen and oxygen atoms in total. The first-order valence-electron chi connectivity index (χ1n) is 18.2. The highest BCUT2D eigenvalue weighted by Crippen LogP contribution is 2.64. The summed E-state index contributed by atoms with van der Waals surface area (Å²) in [6, 6.07) is 60.7. The van der Waals surface area contributed by atoms with Crippen LogP contribution in [0.2, 0.25) is 0 Å². The fraction of sp³-hybridized carbons (Fsp3) is 0.0625. The number of ether oxygens (including phenoxy) is 1. The van der Waals surface area contributed by atoms with Crippen molar-refractivity contribution in [1.82, 2.24) is 9.88 Å². The van der Waals surface area contributed by atoms with Gasteiger partial charge in [0.2, 0.25) is 0 Å². The summed E-state index contributed by atoms with van der Waals surface area (Å²) in [5.74, 6) is 3.59. The van der Waals surface area contributed by atoms with E-state index < -0.39 is 5.41 Å². The Kier molecular flexibility index (Phi) is 6.38. The second-order valence-electron chi connectivity index (χ2n) is 14.0. The van der Waals surface area contributed by atoms with Gasteiger partial charge in [-0.2, -0.15) is 0 Å². The molecule has 0 amide bonds. The Balaban J connectivity index is 1.22. The maximum absolute atomic E-state index is 7.19. The molecule has 3 aliphatic heterocycles. The number of nitrogens with one attached hydrogen (secondary N) is 1. The highest BCUT2D eigenvalue weighted by atomic mass is 16.5. The summed E-state index contributed by atoms with van der Waals surface area (Å²) in [5.41, 5.74) is 10.7. The van der Waals surface area contributed by atoms with Crippen molar-refractivity contribution < 1.29 is 4.74 Å². The lowest BCUT2D eigenvalue weighted by molar-refractivity contribution is 0.439. The maximum atomic E-state index is 7.19. The maximum Gasteiger partial charge on any atom is 0.142 e. The fourth-order valence-corrected chi connectivity index (χ4v) is 9.03. The molecule has 11 rings (SSSR count). The Bertz CT molecular complexity index is 2770. The zero-order chi connectivity index (χ0) is 35.1. The number of aromatic nitrogens is 1. The van der Waals surface area contributed by atoms with Gasteiger partial charge < -0.3 is 15.0 Å². The molecular formula is C48H34N4O. The van der Waals surface area contributed by atoms with Gasteiger partial charge in [0.1, 0.15) is 23.2 Å². The number of hydrogen-bond donors (Lipinski definition) is 1. The van der Waals surface area contributed by atoms with E-state index in [2.05, 4.69) is 192 Å². The van der Waals surface area contributed by atoms with Gasteiger partial charge in [-0.15, -0.1) is 0 Å². The van der Waals surface area contributed by atoms with Crippen LogP contribution in [0.1, 0.15) is 34.7 Å². The number of hydrogen-bond acceptors (Lipinski definition) is 4. The summed E-state index contributed by atoms with van der Waals surface area (Å²) in [6.07, 6.45) is 2.21. The van der Waals surface area contributed by atoms with Gasteiger partial charge in [0.25, 0.3) is 0 Å². The van der Waals surface area contributed by atoms with Crippen molar-refractivity contribution in [1.29, 1.82) is 0 Å². The number of amidine groups is 1. The molecule has 0 aliphatic carbocycles. The largest absolute Gasteiger partial charge is 0.456 e. The van der Waals surface area contributed by atoms with Crippen molar-refractivity contribution in [2.45, 2.75) is 18.4 Å². The van der Waals surface area contributed by atoms with Gasteiger partial charge in [0, 0.05) is 27.8 Å². The summed E-state index contributed by atoms with van der Waals surface area (Å²) in [6.45, 7) is 2.14. The Hall–Kier alpha value is -6.85. The predicted molar refractivity (Wildman–Crippen MR) is 216 cm³/mol. The number of benzene rings is 7. The van der Waals surface area contributed by atoms with E-state index in [9.17, 15) is 0 Å². The van der Waals surface area contributed by atoms with Crippen LogP contribution < -0.4 is 15.0 Å². The van der Waals surface area contributed by atoms with Crippen LogP contribution in [0.3, 0.4) is 0 Å². The topological polar surface area (TPSA) is 41.8 Å². The molecule has 3 aliphatic rings. The first-order valence-corrected chi connectivity index (χ1v) is 18.2. The van der Waals surface area contributed by atoms with Gasteiger partial charge in [0.05, 0.1) is 39.3 Å². The normalized spacial score (nSPS) is 16.5. The molecule has 1 aromatic heterocycles. The number of rotatable bonds is 3. The molecule has 1 atom stereocenters. The molecule has 0 bridgehead atoms. The van der Waals surface area contributed by atoms with Crippen molar-refractivity contribution >= 4 is 50.5 Å². The van der Waals surface area contributed by atoms with Gasteiger partial charge >= 0.3 is 0 Å². The average Bonchev–Trinajstić information content (AvgIpc) is 3.56. The van der Waals surface area contributed by atoms with Crippen LogP contribution in [-0.4, -0.2) is 16.4 Å². The van der Waals surface area contributed by atoms with E-state index in [4.69, 9.17) is 9.73 Å². The van der Waals surface area contributed by atoms with E-state index in [0.29, 0.717) is 0 Å². The highest BCUT2D eigenvalue weighted by molar-refractivity contribution is 6.15. The molecule has 0 radical (unpaired) electrons. The van der Waals surface area contributed by atoms with Crippen molar-refractivity contribution in [2.75, 3.05) is 4.90 Å². The zero-order valence-corrected chi connectivity index (χ0v) is 29.1. The van der Waals surface area contributed by atoms with Crippen LogP contribution in [0.15, 0.2) is 181 Å². The second kappa shape index (κ2) is 11.3. The summed E-state index contributed by atoms with van der Waals surface area (Å²) >= 11 is 0. The molecule has 7 aromatic carbocycles. The lowest BCUT2D eigenvalue weighted by atomic mass is 9.61. The van der Waals surface area contributed by atoms with E-state index in [0.717, 1.165) is 78.7 Å². The van der Waals surface area contributed by atoms with Gasteiger partial charge in [-0.1, -0.05) is 127 Å². The van der Waals surface area contributed by atoms with Crippen LogP contribution in [0.25, 0.3) is 27.6 Å². The molecule has 1 N–H and O–H groups in total. The fourth-order valence-electron chi connectivity index (χ4n) is 9.03. The molecule has 252 valence electrons. The Morgan fingerprint density at radius 3 is 1.96 bits per heavy atom. The average molecular weight is 683 g/mol. The molecule has 1 unspecified atom stereocenters. The first-order chi connectivity index (χ1) is 26.2. The lowest BCUT2D eigenvalue weighted by Gasteiger charge is -2.48. The SMILES string of the molecule is CC1C=C(n2c3ccccc3c3c4c(ccc32)C2(c3ccccc3O4)c3ccccc3N(c3ccccc3)c3ccccc32)NC(c2ccccc2)=N1. The standard InChI is InChI=1S/C48H34N4O/c1-31-30-44(50-47(49-31)32-16-4-2-5-17-32)52-39-24-12-8-20-34(39)45-42(52)29-28-38-46(45)53-43-27-15-11-23-37(43)48(38)35-21-9-13-25-40(35)51(33-18-6-3-7-19-33)41-26-14-10-22-36(41)48/h2-31H,1H3,(H,49,50). The summed E-state index contributed by atoms with van der Waals surface area (Å²) < 4.78 is 9.53. The van der Waals surface area contributed by atoms with Gasteiger partial charge in [-0.05, 0) is 66.6 Å². The number of aliphatic imine (C=N–C) groups is 1. The number of anilines is 3.